The molecule has 0 heterocycles. The Hall–Kier alpha value is -3.54. The minimum absolute atomic E-state index is 0.104. The Bertz CT molecular complexity index is 1290. The van der Waals surface area contributed by atoms with E-state index in [2.05, 4.69) is 33.8 Å². The molecule has 218 valence electrons. The number of aromatic hydroxyl groups is 3. The van der Waals surface area contributed by atoms with Gasteiger partial charge in [-0.3, -0.25) is 0 Å². The maximum atomic E-state index is 11.4. The molecule has 0 fully saturated rings. The lowest BCUT2D eigenvalue weighted by Crippen LogP contribution is -2.27. The number of hydrogen-bond acceptors (Lipinski definition) is 6. The number of ether oxygens (including phenoxy) is 3. The molecule has 2 atom stereocenters. The van der Waals surface area contributed by atoms with E-state index in [0.29, 0.717) is 23.7 Å². The summed E-state index contributed by atoms with van der Waals surface area (Å²) in [6, 6.07) is 15.1. The van der Waals surface area contributed by atoms with Crippen LogP contribution in [-0.2, 0) is 23.7 Å². The first-order valence-electron chi connectivity index (χ1n) is 14.2. The second-order valence-corrected chi connectivity index (χ2v) is 11.4. The fourth-order valence-corrected chi connectivity index (χ4v) is 5.94. The van der Waals surface area contributed by atoms with Crippen LogP contribution in [0.1, 0.15) is 82.1 Å². The minimum atomic E-state index is -0.397. The standard InChI is InChI=1S/C34H46O6/c1-8-10-16-33(3,25-12-14-28(36)30(20-25)39-6)22-24-17-26(32(37)31(19-24)40-7)34(4,15-9-2)21-23-11-13-27(35)29(18-23)38-5/h11-14,17-20,35-37H,8-10,15-16,21-22H2,1-7H3. The molecule has 3 aromatic carbocycles. The Balaban J connectivity index is 2.12. The zero-order valence-electron chi connectivity index (χ0n) is 25.1. The summed E-state index contributed by atoms with van der Waals surface area (Å²) in [6.45, 7) is 8.76. The molecule has 40 heavy (non-hydrogen) atoms. The Morgan fingerprint density at radius 1 is 0.625 bits per heavy atom. The zero-order chi connectivity index (χ0) is 29.5. The minimum Gasteiger partial charge on any atom is -0.504 e. The van der Waals surface area contributed by atoms with E-state index in [4.69, 9.17) is 14.2 Å². The SMILES string of the molecule is CCCCC(C)(Cc1cc(OC)c(O)c(C(C)(CCC)Cc2ccc(O)c(OC)c2)c1)c1ccc(O)c(OC)c1. The van der Waals surface area contributed by atoms with Crippen molar-refractivity contribution in [3.8, 4) is 34.5 Å². The quantitative estimate of drug-likeness (QED) is 0.190. The number of hydrogen-bond donors (Lipinski definition) is 3. The molecule has 6 heteroatoms. The lowest BCUT2D eigenvalue weighted by molar-refractivity contribution is 0.346. The Labute approximate surface area is 239 Å². The highest BCUT2D eigenvalue weighted by Gasteiger charge is 2.33. The molecule has 0 amide bonds. The zero-order valence-corrected chi connectivity index (χ0v) is 25.1. The van der Waals surface area contributed by atoms with E-state index in [1.165, 1.54) is 0 Å². The first-order chi connectivity index (χ1) is 19.0. The van der Waals surface area contributed by atoms with E-state index >= 15 is 0 Å². The van der Waals surface area contributed by atoms with E-state index < -0.39 is 5.41 Å². The van der Waals surface area contributed by atoms with Crippen LogP contribution in [0.15, 0.2) is 48.5 Å². The van der Waals surface area contributed by atoms with Gasteiger partial charge in [-0.25, -0.2) is 0 Å². The Morgan fingerprint density at radius 3 is 1.80 bits per heavy atom. The van der Waals surface area contributed by atoms with Crippen molar-refractivity contribution < 1.29 is 29.5 Å². The molecular formula is C34H46O6. The number of phenolic OH excluding ortho intramolecular Hbond substituents is 3. The fraction of sp³-hybridized carbons (Fsp3) is 0.471. The van der Waals surface area contributed by atoms with Gasteiger partial charge < -0.3 is 29.5 Å². The molecule has 0 spiro atoms. The number of unbranched alkanes of at least 4 members (excludes halogenated alkanes) is 1. The molecule has 0 aromatic heterocycles. The van der Waals surface area contributed by atoms with Gasteiger partial charge in [-0.05, 0) is 78.1 Å². The van der Waals surface area contributed by atoms with Crippen LogP contribution < -0.4 is 14.2 Å². The van der Waals surface area contributed by atoms with Gasteiger partial charge in [0.15, 0.2) is 34.5 Å². The summed E-state index contributed by atoms with van der Waals surface area (Å²) >= 11 is 0. The van der Waals surface area contributed by atoms with Crippen LogP contribution in [0.4, 0.5) is 0 Å². The molecule has 3 N–H and O–H groups in total. The van der Waals surface area contributed by atoms with Gasteiger partial charge in [0.25, 0.3) is 0 Å². The van der Waals surface area contributed by atoms with Crippen LogP contribution in [0.3, 0.4) is 0 Å². The van der Waals surface area contributed by atoms with Crippen LogP contribution >= 0.6 is 0 Å². The van der Waals surface area contributed by atoms with Crippen molar-refractivity contribution in [2.75, 3.05) is 21.3 Å². The van der Waals surface area contributed by atoms with Gasteiger partial charge in [-0.15, -0.1) is 0 Å². The highest BCUT2D eigenvalue weighted by atomic mass is 16.5. The molecule has 3 aromatic rings. The molecule has 2 unspecified atom stereocenters. The predicted octanol–water partition coefficient (Wildman–Crippen LogP) is 7.82. The van der Waals surface area contributed by atoms with Crippen molar-refractivity contribution in [2.24, 2.45) is 0 Å². The maximum Gasteiger partial charge on any atom is 0.161 e. The molecule has 3 rings (SSSR count). The van der Waals surface area contributed by atoms with E-state index in [-0.39, 0.29) is 22.7 Å². The van der Waals surface area contributed by atoms with Gasteiger partial charge in [0.2, 0.25) is 0 Å². The molecule has 0 saturated heterocycles. The lowest BCUT2D eigenvalue weighted by atomic mass is 9.70. The van der Waals surface area contributed by atoms with Gasteiger partial charge in [0.05, 0.1) is 21.3 Å². The lowest BCUT2D eigenvalue weighted by Gasteiger charge is -2.34. The second kappa shape index (κ2) is 13.2. The molecule has 0 aliphatic heterocycles. The van der Waals surface area contributed by atoms with Crippen molar-refractivity contribution in [3.63, 3.8) is 0 Å². The van der Waals surface area contributed by atoms with E-state index in [9.17, 15) is 15.3 Å². The average Bonchev–Trinajstić information content (AvgIpc) is 2.94. The van der Waals surface area contributed by atoms with E-state index in [0.717, 1.165) is 60.8 Å². The maximum absolute atomic E-state index is 11.4. The third-order valence-corrected chi connectivity index (χ3v) is 8.20. The van der Waals surface area contributed by atoms with Gasteiger partial charge in [0, 0.05) is 11.0 Å². The summed E-state index contributed by atoms with van der Waals surface area (Å²) in [7, 11) is 4.70. The number of phenols is 3. The summed E-state index contributed by atoms with van der Waals surface area (Å²) in [5.41, 5.74) is 3.39. The van der Waals surface area contributed by atoms with Crippen LogP contribution in [-0.4, -0.2) is 36.6 Å². The van der Waals surface area contributed by atoms with Crippen molar-refractivity contribution in [2.45, 2.75) is 83.5 Å². The van der Waals surface area contributed by atoms with Crippen LogP contribution in [0, 0.1) is 0 Å². The topological polar surface area (TPSA) is 88.4 Å². The van der Waals surface area contributed by atoms with Crippen molar-refractivity contribution in [1.82, 2.24) is 0 Å². The first-order valence-corrected chi connectivity index (χ1v) is 14.2. The van der Waals surface area contributed by atoms with Crippen LogP contribution in [0.5, 0.6) is 34.5 Å². The summed E-state index contributed by atoms with van der Waals surface area (Å²) < 4.78 is 16.5. The number of methoxy groups -OCH3 is 3. The van der Waals surface area contributed by atoms with Gasteiger partial charge >= 0.3 is 0 Å². The number of benzene rings is 3. The Kier molecular flexibility index (Phi) is 10.2. The van der Waals surface area contributed by atoms with Crippen LogP contribution in [0.25, 0.3) is 0 Å². The summed E-state index contributed by atoms with van der Waals surface area (Å²) in [5.74, 6) is 1.74. The van der Waals surface area contributed by atoms with Gasteiger partial charge in [0.1, 0.15) is 0 Å². The third kappa shape index (κ3) is 6.78. The van der Waals surface area contributed by atoms with Crippen molar-refractivity contribution in [1.29, 1.82) is 0 Å². The smallest absolute Gasteiger partial charge is 0.161 e. The molecule has 0 aliphatic carbocycles. The van der Waals surface area contributed by atoms with E-state index in [1.54, 1.807) is 33.5 Å². The molecule has 0 bridgehead atoms. The van der Waals surface area contributed by atoms with Gasteiger partial charge in [-0.2, -0.15) is 0 Å². The monoisotopic (exact) mass is 550 g/mol. The van der Waals surface area contributed by atoms with Crippen molar-refractivity contribution >= 4 is 0 Å². The average molecular weight is 551 g/mol. The fourth-order valence-electron chi connectivity index (χ4n) is 5.94. The third-order valence-electron chi connectivity index (χ3n) is 8.20. The Morgan fingerprint density at radius 2 is 1.20 bits per heavy atom. The second-order valence-electron chi connectivity index (χ2n) is 11.4. The highest BCUT2D eigenvalue weighted by molar-refractivity contribution is 5.54. The normalized spacial score (nSPS) is 14.3. The number of rotatable bonds is 14. The molecule has 6 nitrogen and oxygen atoms in total. The largest absolute Gasteiger partial charge is 0.504 e. The van der Waals surface area contributed by atoms with Gasteiger partial charge in [-0.1, -0.05) is 65.2 Å². The summed E-state index contributed by atoms with van der Waals surface area (Å²) in [5, 5.41) is 31.8. The molecule has 0 aliphatic rings. The molecule has 0 radical (unpaired) electrons. The van der Waals surface area contributed by atoms with Crippen molar-refractivity contribution in [3.05, 3.63) is 70.8 Å². The summed E-state index contributed by atoms with van der Waals surface area (Å²) in [6.07, 6.45) is 6.23. The van der Waals surface area contributed by atoms with Crippen LogP contribution in [0.2, 0.25) is 0 Å². The highest BCUT2D eigenvalue weighted by Crippen LogP contribution is 2.46. The van der Waals surface area contributed by atoms with E-state index in [1.807, 2.05) is 30.3 Å². The molecule has 0 saturated carbocycles. The summed E-state index contributed by atoms with van der Waals surface area (Å²) in [4.78, 5) is 0. The predicted molar refractivity (Wildman–Crippen MR) is 161 cm³/mol. The molecular weight excluding hydrogens is 504 g/mol. The first kappa shape index (κ1) is 31.0.